The van der Waals surface area contributed by atoms with E-state index in [2.05, 4.69) is 5.32 Å². The first-order valence-corrected chi connectivity index (χ1v) is 7.77. The molecule has 0 heterocycles. The Kier molecular flexibility index (Phi) is 6.21. The van der Waals surface area contributed by atoms with E-state index < -0.39 is 6.10 Å². The third kappa shape index (κ3) is 4.21. The highest BCUT2D eigenvalue weighted by Crippen LogP contribution is 2.22. The second-order valence-corrected chi connectivity index (χ2v) is 5.71. The summed E-state index contributed by atoms with van der Waals surface area (Å²) in [6, 6.07) is 7.21. The third-order valence-corrected chi connectivity index (χ3v) is 4.24. The van der Waals surface area contributed by atoms with E-state index in [9.17, 15) is 9.90 Å². The molecule has 1 aliphatic rings. The molecule has 0 spiro atoms. The van der Waals surface area contributed by atoms with E-state index in [0.717, 1.165) is 31.2 Å². The normalized spacial score (nSPS) is 25.3. The van der Waals surface area contributed by atoms with Gasteiger partial charge in [-0.3, -0.25) is 4.79 Å². The second kappa shape index (κ2) is 8.15. The number of ether oxygens (including phenoxy) is 2. The summed E-state index contributed by atoms with van der Waals surface area (Å²) in [5.74, 6) is 0.596. The van der Waals surface area contributed by atoms with Crippen LogP contribution in [0.5, 0.6) is 5.75 Å². The van der Waals surface area contributed by atoms with Crippen molar-refractivity contribution < 1.29 is 19.4 Å². The lowest BCUT2D eigenvalue weighted by Gasteiger charge is -2.27. The largest absolute Gasteiger partial charge is 0.496 e. The first kappa shape index (κ1) is 16.8. The number of carbonyl (C=O) groups excluding carboxylic acids is 1. The average molecular weight is 307 g/mol. The Morgan fingerprint density at radius 2 is 2.00 bits per heavy atom. The summed E-state index contributed by atoms with van der Waals surface area (Å²) in [5, 5.41) is 13.3. The minimum absolute atomic E-state index is 0.106. The number of rotatable bonds is 5. The first-order chi connectivity index (χ1) is 10.7. The van der Waals surface area contributed by atoms with Crippen molar-refractivity contribution in [1.29, 1.82) is 0 Å². The zero-order valence-electron chi connectivity index (χ0n) is 13.2. The fourth-order valence-electron chi connectivity index (χ4n) is 3.01. The van der Waals surface area contributed by atoms with Crippen LogP contribution >= 0.6 is 0 Å². The molecule has 1 aromatic rings. The van der Waals surface area contributed by atoms with Crippen LogP contribution in [0.15, 0.2) is 24.3 Å². The summed E-state index contributed by atoms with van der Waals surface area (Å²) >= 11 is 0. The van der Waals surface area contributed by atoms with Crippen molar-refractivity contribution in [1.82, 2.24) is 5.32 Å². The molecular formula is C17H25NO4. The lowest BCUT2D eigenvalue weighted by Crippen LogP contribution is -2.48. The molecule has 1 fully saturated rings. The highest BCUT2D eigenvalue weighted by molar-refractivity contribution is 5.79. The molecule has 0 aliphatic heterocycles. The maximum absolute atomic E-state index is 12.3. The van der Waals surface area contributed by atoms with Gasteiger partial charge in [-0.25, -0.2) is 0 Å². The van der Waals surface area contributed by atoms with Crippen LogP contribution in [0.2, 0.25) is 0 Å². The van der Waals surface area contributed by atoms with Crippen LogP contribution in [-0.2, 0) is 16.0 Å². The first-order valence-electron chi connectivity index (χ1n) is 7.77. The van der Waals surface area contributed by atoms with Crippen molar-refractivity contribution in [2.75, 3.05) is 14.2 Å². The third-order valence-electron chi connectivity index (χ3n) is 4.24. The molecule has 5 nitrogen and oxygen atoms in total. The number of amides is 1. The van der Waals surface area contributed by atoms with Gasteiger partial charge in [0.1, 0.15) is 11.9 Å². The van der Waals surface area contributed by atoms with E-state index in [1.54, 1.807) is 14.2 Å². The van der Waals surface area contributed by atoms with E-state index in [1.165, 1.54) is 0 Å². The Bertz CT molecular complexity index is 491. The van der Waals surface area contributed by atoms with Gasteiger partial charge in [0.25, 0.3) is 0 Å². The maximum atomic E-state index is 12.3. The summed E-state index contributed by atoms with van der Waals surface area (Å²) in [6.07, 6.45) is 2.97. The molecule has 0 unspecified atom stereocenters. The van der Waals surface area contributed by atoms with Crippen LogP contribution in [0.4, 0.5) is 0 Å². The van der Waals surface area contributed by atoms with Gasteiger partial charge in [0.15, 0.2) is 0 Å². The van der Waals surface area contributed by atoms with Gasteiger partial charge in [0, 0.05) is 12.7 Å². The van der Waals surface area contributed by atoms with Crippen molar-refractivity contribution in [3.63, 3.8) is 0 Å². The predicted molar refractivity (Wildman–Crippen MR) is 83.9 cm³/mol. The quantitative estimate of drug-likeness (QED) is 0.812. The maximum Gasteiger partial charge on any atom is 0.224 e. The van der Waals surface area contributed by atoms with E-state index >= 15 is 0 Å². The fourth-order valence-corrected chi connectivity index (χ4v) is 3.01. The summed E-state index contributed by atoms with van der Waals surface area (Å²) in [6.45, 7) is 0. The number of nitrogens with one attached hydrogen (secondary N) is 1. The molecule has 122 valence electrons. The molecule has 1 aliphatic carbocycles. The van der Waals surface area contributed by atoms with Crippen LogP contribution in [0, 0.1) is 0 Å². The standard InChI is InChI=1S/C17H25NO4/c1-21-14-9-5-3-7-12(14)11-16(19)18-13-8-4-6-10-15(22-2)17(13)20/h3,5,7,9,13,15,17,20H,4,6,8,10-11H2,1-2H3,(H,18,19)/t13-,15-,17-/m1/s1. The van der Waals surface area contributed by atoms with Gasteiger partial charge >= 0.3 is 0 Å². The lowest BCUT2D eigenvalue weighted by atomic mass is 10.0. The minimum atomic E-state index is -0.658. The fraction of sp³-hybridized carbons (Fsp3) is 0.588. The van der Waals surface area contributed by atoms with Crippen LogP contribution in [0.3, 0.4) is 0 Å². The molecule has 1 amide bonds. The Morgan fingerprint density at radius 3 is 2.73 bits per heavy atom. The summed E-state index contributed by atoms with van der Waals surface area (Å²) < 4.78 is 10.6. The van der Waals surface area contributed by atoms with Crippen LogP contribution in [0.25, 0.3) is 0 Å². The van der Waals surface area contributed by atoms with Crippen LogP contribution < -0.4 is 10.1 Å². The van der Waals surface area contributed by atoms with Crippen LogP contribution in [-0.4, -0.2) is 43.5 Å². The van der Waals surface area contributed by atoms with Gasteiger partial charge in [-0.1, -0.05) is 31.0 Å². The predicted octanol–water partition coefficient (Wildman–Crippen LogP) is 1.67. The van der Waals surface area contributed by atoms with E-state index in [0.29, 0.717) is 5.75 Å². The number of carbonyl (C=O) groups is 1. The molecule has 1 aromatic carbocycles. The van der Waals surface area contributed by atoms with Gasteiger partial charge in [-0.15, -0.1) is 0 Å². The van der Waals surface area contributed by atoms with E-state index in [-0.39, 0.29) is 24.5 Å². The SMILES string of the molecule is COc1ccccc1CC(=O)N[C@@H]1CCCC[C@@H](OC)[C@@H]1O. The highest BCUT2D eigenvalue weighted by atomic mass is 16.5. The number of hydrogen-bond donors (Lipinski definition) is 2. The van der Waals surface area contributed by atoms with Crippen molar-refractivity contribution >= 4 is 5.91 Å². The molecule has 5 heteroatoms. The van der Waals surface area contributed by atoms with E-state index in [4.69, 9.17) is 9.47 Å². The smallest absolute Gasteiger partial charge is 0.224 e. The van der Waals surface area contributed by atoms with Crippen molar-refractivity contribution in [2.45, 2.75) is 50.4 Å². The monoisotopic (exact) mass is 307 g/mol. The Morgan fingerprint density at radius 1 is 1.27 bits per heavy atom. The van der Waals surface area contributed by atoms with Gasteiger partial charge < -0.3 is 19.9 Å². The van der Waals surface area contributed by atoms with Gasteiger partial charge in [0.2, 0.25) is 5.91 Å². The number of aliphatic hydroxyl groups excluding tert-OH is 1. The lowest BCUT2D eigenvalue weighted by molar-refractivity contribution is -0.123. The van der Waals surface area contributed by atoms with Crippen LogP contribution in [0.1, 0.15) is 31.2 Å². The number of methoxy groups -OCH3 is 2. The summed E-state index contributed by atoms with van der Waals surface area (Å²) in [5.41, 5.74) is 0.842. The molecule has 2 rings (SSSR count). The molecule has 0 bridgehead atoms. The number of hydrogen-bond acceptors (Lipinski definition) is 4. The summed E-state index contributed by atoms with van der Waals surface area (Å²) in [7, 11) is 3.20. The van der Waals surface area contributed by atoms with Gasteiger partial charge in [-0.05, 0) is 18.9 Å². The number of benzene rings is 1. The topological polar surface area (TPSA) is 67.8 Å². The zero-order chi connectivity index (χ0) is 15.9. The van der Waals surface area contributed by atoms with Crippen molar-refractivity contribution in [3.05, 3.63) is 29.8 Å². The molecule has 2 N–H and O–H groups in total. The highest BCUT2D eigenvalue weighted by Gasteiger charge is 2.31. The second-order valence-electron chi connectivity index (χ2n) is 5.71. The molecule has 0 saturated heterocycles. The van der Waals surface area contributed by atoms with Gasteiger partial charge in [-0.2, -0.15) is 0 Å². The Hall–Kier alpha value is -1.59. The van der Waals surface area contributed by atoms with Gasteiger partial charge in [0.05, 0.1) is 25.7 Å². The molecule has 3 atom stereocenters. The average Bonchev–Trinajstić information content (AvgIpc) is 2.70. The number of aliphatic hydroxyl groups is 1. The van der Waals surface area contributed by atoms with Crippen molar-refractivity contribution in [3.8, 4) is 5.75 Å². The Balaban J connectivity index is 1.98. The molecule has 0 aromatic heterocycles. The number of para-hydroxylation sites is 1. The molecular weight excluding hydrogens is 282 g/mol. The molecule has 0 radical (unpaired) electrons. The summed E-state index contributed by atoms with van der Waals surface area (Å²) in [4.78, 5) is 12.3. The molecule has 22 heavy (non-hydrogen) atoms. The Labute approximate surface area is 131 Å². The minimum Gasteiger partial charge on any atom is -0.496 e. The molecule has 1 saturated carbocycles. The zero-order valence-corrected chi connectivity index (χ0v) is 13.2. The van der Waals surface area contributed by atoms with E-state index in [1.807, 2.05) is 24.3 Å². The van der Waals surface area contributed by atoms with Crippen molar-refractivity contribution in [2.24, 2.45) is 0 Å².